The van der Waals surface area contributed by atoms with Gasteiger partial charge in [0.1, 0.15) is 0 Å². The van der Waals surface area contributed by atoms with Gasteiger partial charge in [-0.05, 0) is 36.5 Å². The van der Waals surface area contributed by atoms with Crippen molar-refractivity contribution in [1.82, 2.24) is 18.7 Å². The largest absolute Gasteiger partial charge is 0.351 e. The van der Waals surface area contributed by atoms with E-state index in [1.165, 1.54) is 9.13 Å². The number of aryl methyl sites for hydroxylation is 2. The number of imidazole rings is 1. The number of rotatable bonds is 7. The highest BCUT2D eigenvalue weighted by Crippen LogP contribution is 2.25. The second-order valence-electron chi connectivity index (χ2n) is 9.52. The molecule has 4 aromatic rings. The molecule has 9 heteroatoms. The third-order valence-electron chi connectivity index (χ3n) is 7.12. The van der Waals surface area contributed by atoms with Crippen LogP contribution < -0.4 is 22.3 Å². The van der Waals surface area contributed by atoms with Crippen molar-refractivity contribution in [2.75, 3.05) is 5.32 Å². The lowest BCUT2D eigenvalue weighted by Crippen LogP contribution is -2.43. The molecule has 1 aliphatic carbocycles. The summed E-state index contributed by atoms with van der Waals surface area (Å²) in [7, 11) is 1.68. The Labute approximate surface area is 217 Å². The highest BCUT2D eigenvalue weighted by Gasteiger charge is 2.26. The normalized spacial score (nSPS) is 18.0. The molecule has 1 fully saturated rings. The predicted octanol–water partition coefficient (Wildman–Crippen LogP) is 3.63. The Morgan fingerprint density at radius 1 is 1.03 bits per heavy atom. The first-order valence-electron chi connectivity index (χ1n) is 12.4. The third kappa shape index (κ3) is 4.77. The minimum atomic E-state index is -0.366. The quantitative estimate of drug-likeness (QED) is 0.366. The van der Waals surface area contributed by atoms with Crippen molar-refractivity contribution >= 4 is 33.0 Å². The zero-order valence-electron chi connectivity index (χ0n) is 20.4. The standard InChI is InChI=1S/C27H31BrN6O2/c1-32-24-23(25(35)33(27(32)36)16-15-18-9-3-2-4-10-18)34(17-19-11-5-6-12-20(19)28)26(31-24)30-22-14-8-7-13-21(22)29/h2-6,9-12,21-22H,7-8,13-17,29H2,1H3,(H,30,31)/t21-,22+/m0/s1. The first-order chi connectivity index (χ1) is 17.4. The minimum Gasteiger partial charge on any atom is -0.351 e. The molecule has 2 atom stereocenters. The molecule has 5 rings (SSSR count). The first kappa shape index (κ1) is 24.5. The second-order valence-corrected chi connectivity index (χ2v) is 10.4. The van der Waals surface area contributed by atoms with Gasteiger partial charge in [0.2, 0.25) is 5.95 Å². The maximum absolute atomic E-state index is 13.8. The van der Waals surface area contributed by atoms with E-state index >= 15 is 0 Å². The van der Waals surface area contributed by atoms with E-state index in [1.807, 2.05) is 59.2 Å². The van der Waals surface area contributed by atoms with E-state index in [9.17, 15) is 9.59 Å². The molecule has 0 aliphatic heterocycles. The number of nitrogens with zero attached hydrogens (tertiary/aromatic N) is 4. The van der Waals surface area contributed by atoms with Gasteiger partial charge in [0.05, 0.1) is 6.54 Å². The SMILES string of the molecule is Cn1c(=O)n(CCc2ccccc2)c(=O)c2c1nc(N[C@@H]1CCCC[C@@H]1N)n2Cc1ccccc1Br. The molecule has 2 aromatic heterocycles. The van der Waals surface area contributed by atoms with Crippen LogP contribution in [0.2, 0.25) is 0 Å². The Bertz CT molecular complexity index is 1490. The van der Waals surface area contributed by atoms with Crippen LogP contribution in [0.5, 0.6) is 0 Å². The van der Waals surface area contributed by atoms with Gasteiger partial charge in [0, 0.05) is 30.1 Å². The van der Waals surface area contributed by atoms with Gasteiger partial charge in [0.15, 0.2) is 11.2 Å². The summed E-state index contributed by atoms with van der Waals surface area (Å²) in [5.74, 6) is 0.566. The van der Waals surface area contributed by atoms with Gasteiger partial charge in [-0.25, -0.2) is 4.79 Å². The number of fused-ring (bicyclic) bond motifs is 1. The van der Waals surface area contributed by atoms with Crippen molar-refractivity contribution in [3.63, 3.8) is 0 Å². The summed E-state index contributed by atoms with van der Waals surface area (Å²) >= 11 is 3.64. The fourth-order valence-electron chi connectivity index (χ4n) is 5.02. The summed E-state index contributed by atoms with van der Waals surface area (Å²) in [6.07, 6.45) is 4.70. The molecule has 188 valence electrons. The lowest BCUT2D eigenvalue weighted by Gasteiger charge is -2.29. The molecule has 0 bridgehead atoms. The summed E-state index contributed by atoms with van der Waals surface area (Å²) in [5, 5.41) is 3.53. The molecule has 1 saturated carbocycles. The van der Waals surface area contributed by atoms with Crippen LogP contribution in [0.15, 0.2) is 68.7 Å². The van der Waals surface area contributed by atoms with Crippen LogP contribution in [-0.4, -0.2) is 30.8 Å². The van der Waals surface area contributed by atoms with Crippen LogP contribution >= 0.6 is 15.9 Å². The predicted molar refractivity (Wildman–Crippen MR) is 146 cm³/mol. The number of nitrogens with two attached hydrogens (primary N) is 1. The number of anilines is 1. The topological polar surface area (TPSA) is 99.9 Å². The van der Waals surface area contributed by atoms with Crippen molar-refractivity contribution < 1.29 is 0 Å². The van der Waals surface area contributed by atoms with Crippen LogP contribution in [0, 0.1) is 0 Å². The summed E-state index contributed by atoms with van der Waals surface area (Å²) in [6.45, 7) is 0.719. The van der Waals surface area contributed by atoms with Crippen molar-refractivity contribution in [2.45, 2.75) is 57.3 Å². The van der Waals surface area contributed by atoms with Crippen LogP contribution in [0.4, 0.5) is 5.95 Å². The van der Waals surface area contributed by atoms with E-state index < -0.39 is 0 Å². The Balaban J connectivity index is 1.63. The molecule has 0 radical (unpaired) electrons. The molecule has 0 unspecified atom stereocenters. The highest BCUT2D eigenvalue weighted by atomic mass is 79.9. The molecule has 0 amide bonds. The van der Waals surface area contributed by atoms with E-state index in [-0.39, 0.29) is 23.3 Å². The van der Waals surface area contributed by atoms with Gasteiger partial charge < -0.3 is 11.1 Å². The van der Waals surface area contributed by atoms with Gasteiger partial charge in [-0.3, -0.25) is 18.5 Å². The maximum Gasteiger partial charge on any atom is 0.332 e. The van der Waals surface area contributed by atoms with Crippen LogP contribution in [0.3, 0.4) is 0 Å². The molecule has 36 heavy (non-hydrogen) atoms. The molecule has 2 heterocycles. The lowest BCUT2D eigenvalue weighted by atomic mass is 9.91. The molecule has 0 saturated heterocycles. The number of hydrogen-bond donors (Lipinski definition) is 2. The summed E-state index contributed by atoms with van der Waals surface area (Å²) in [4.78, 5) is 31.8. The highest BCUT2D eigenvalue weighted by molar-refractivity contribution is 9.10. The smallest absolute Gasteiger partial charge is 0.332 e. The number of aromatic nitrogens is 4. The minimum absolute atomic E-state index is 0.0156. The molecule has 8 nitrogen and oxygen atoms in total. The Hall–Kier alpha value is -3.17. The van der Waals surface area contributed by atoms with Gasteiger partial charge in [0.25, 0.3) is 5.56 Å². The Morgan fingerprint density at radius 3 is 2.50 bits per heavy atom. The molecule has 0 spiro atoms. The summed E-state index contributed by atoms with van der Waals surface area (Å²) in [5.41, 5.74) is 8.59. The number of nitrogens with one attached hydrogen (secondary N) is 1. The van der Waals surface area contributed by atoms with Gasteiger partial charge >= 0.3 is 5.69 Å². The van der Waals surface area contributed by atoms with Crippen molar-refractivity contribution in [3.05, 3.63) is 91.0 Å². The molecule has 1 aliphatic rings. The van der Waals surface area contributed by atoms with Crippen molar-refractivity contribution in [2.24, 2.45) is 12.8 Å². The zero-order valence-corrected chi connectivity index (χ0v) is 21.9. The summed E-state index contributed by atoms with van der Waals surface area (Å²) in [6, 6.07) is 17.9. The number of hydrogen-bond acceptors (Lipinski definition) is 5. The molecular weight excluding hydrogens is 520 g/mol. The first-order valence-corrected chi connectivity index (χ1v) is 13.2. The molecule has 2 aromatic carbocycles. The van der Waals surface area contributed by atoms with Crippen molar-refractivity contribution in [1.29, 1.82) is 0 Å². The Kier molecular flexibility index (Phi) is 7.11. The maximum atomic E-state index is 13.8. The third-order valence-corrected chi connectivity index (χ3v) is 7.89. The van der Waals surface area contributed by atoms with Crippen LogP contribution in [-0.2, 0) is 26.6 Å². The summed E-state index contributed by atoms with van der Waals surface area (Å²) < 4.78 is 5.65. The van der Waals surface area contributed by atoms with E-state index in [0.29, 0.717) is 36.6 Å². The molecular formula is C27H31BrN6O2. The number of benzene rings is 2. The van der Waals surface area contributed by atoms with Gasteiger partial charge in [-0.15, -0.1) is 0 Å². The average Bonchev–Trinajstić information content (AvgIpc) is 3.24. The van der Waals surface area contributed by atoms with Crippen LogP contribution in [0.25, 0.3) is 11.2 Å². The zero-order chi connectivity index (χ0) is 25.2. The van der Waals surface area contributed by atoms with Crippen molar-refractivity contribution in [3.8, 4) is 0 Å². The van der Waals surface area contributed by atoms with E-state index in [1.54, 1.807) is 7.05 Å². The van der Waals surface area contributed by atoms with E-state index in [2.05, 4.69) is 21.2 Å². The average molecular weight is 551 g/mol. The number of halogens is 1. The van der Waals surface area contributed by atoms with E-state index in [4.69, 9.17) is 10.7 Å². The van der Waals surface area contributed by atoms with Gasteiger partial charge in [-0.2, -0.15) is 4.98 Å². The van der Waals surface area contributed by atoms with Crippen LogP contribution in [0.1, 0.15) is 36.8 Å². The molecule has 3 N–H and O–H groups in total. The fraction of sp³-hybridized carbons (Fsp3) is 0.370. The van der Waals surface area contributed by atoms with Gasteiger partial charge in [-0.1, -0.05) is 77.3 Å². The van der Waals surface area contributed by atoms with E-state index in [0.717, 1.165) is 41.3 Å². The lowest BCUT2D eigenvalue weighted by molar-refractivity contribution is 0.401. The Morgan fingerprint density at radius 2 is 1.75 bits per heavy atom. The monoisotopic (exact) mass is 550 g/mol. The second kappa shape index (κ2) is 10.4. The fourth-order valence-corrected chi connectivity index (χ4v) is 5.43.